The summed E-state index contributed by atoms with van der Waals surface area (Å²) in [5.74, 6) is -1.52. The van der Waals surface area contributed by atoms with E-state index in [0.29, 0.717) is 28.2 Å². The van der Waals surface area contributed by atoms with E-state index in [2.05, 4.69) is 36.8 Å². The first-order valence-corrected chi connectivity index (χ1v) is 16.8. The highest BCUT2D eigenvalue weighted by molar-refractivity contribution is 9.10. The summed E-state index contributed by atoms with van der Waals surface area (Å²) in [7, 11) is 0. The van der Waals surface area contributed by atoms with Crippen LogP contribution in [0, 0.1) is 0 Å². The lowest BCUT2D eigenvalue weighted by Gasteiger charge is -2.15. The summed E-state index contributed by atoms with van der Waals surface area (Å²) in [6, 6.07) is 39.1. The first-order chi connectivity index (χ1) is 23.8. The van der Waals surface area contributed by atoms with Crippen molar-refractivity contribution in [3.8, 4) is 0 Å². The Morgan fingerprint density at radius 2 is 1.43 bits per heavy atom. The van der Waals surface area contributed by atoms with Crippen LogP contribution in [0.25, 0.3) is 6.08 Å². The molecule has 0 spiro atoms. The number of nitrogens with zero attached hydrogens (tertiary/aromatic N) is 3. The Kier molecular flexibility index (Phi) is 10.5. The Hall–Kier alpha value is -5.65. The van der Waals surface area contributed by atoms with Gasteiger partial charge in [-0.15, -0.1) is 11.8 Å². The molecule has 1 atom stereocenters. The van der Waals surface area contributed by atoms with E-state index in [4.69, 9.17) is 0 Å². The molecule has 0 saturated carbocycles. The number of hydrogen-bond acceptors (Lipinski definition) is 7. The fraction of sp³-hybridized carbons (Fsp3) is 0.0526. The normalized spacial score (nSPS) is 14.7. The molecule has 1 unspecified atom stereocenters. The molecule has 9 nitrogen and oxygen atoms in total. The van der Waals surface area contributed by atoms with Crippen LogP contribution in [0.3, 0.4) is 0 Å². The van der Waals surface area contributed by atoms with Crippen molar-refractivity contribution >= 4 is 80.1 Å². The second-order valence-corrected chi connectivity index (χ2v) is 13.0. The molecule has 0 aromatic heterocycles. The van der Waals surface area contributed by atoms with Gasteiger partial charge in [-0.2, -0.15) is 10.2 Å². The fourth-order valence-electron chi connectivity index (χ4n) is 4.93. The third-order valence-corrected chi connectivity index (χ3v) is 9.02. The monoisotopic (exact) mass is 729 g/mol. The highest BCUT2D eigenvalue weighted by atomic mass is 79.9. The number of benzene rings is 5. The van der Waals surface area contributed by atoms with Crippen molar-refractivity contribution in [1.82, 2.24) is 5.32 Å². The molecule has 0 radical (unpaired) electrons. The summed E-state index contributed by atoms with van der Waals surface area (Å²) < 4.78 is 0.828. The van der Waals surface area contributed by atoms with E-state index in [0.717, 1.165) is 15.1 Å². The predicted octanol–water partition coefficient (Wildman–Crippen LogP) is 8.70. The van der Waals surface area contributed by atoms with E-state index in [1.54, 1.807) is 84.9 Å². The lowest BCUT2D eigenvalue weighted by molar-refractivity contribution is -0.121. The van der Waals surface area contributed by atoms with Crippen molar-refractivity contribution in [2.45, 2.75) is 16.6 Å². The highest BCUT2D eigenvalue weighted by Crippen LogP contribution is 2.35. The van der Waals surface area contributed by atoms with Gasteiger partial charge in [-0.25, -0.2) is 4.90 Å². The van der Waals surface area contributed by atoms with Crippen LogP contribution in [0.4, 0.5) is 22.7 Å². The minimum atomic E-state index is -0.599. The number of carbonyl (C=O) groups excluding carboxylic acids is 4. The molecule has 49 heavy (non-hydrogen) atoms. The third kappa shape index (κ3) is 8.64. The SMILES string of the molecule is O=C(Nc1ccc(SC2CC(=O)N(c3ccc(N=Nc4ccccc4)cc3)C2=O)cc1)C(=Cc1cccc(Br)c1)NC(=O)c1ccccc1. The Morgan fingerprint density at radius 1 is 0.776 bits per heavy atom. The van der Waals surface area contributed by atoms with Gasteiger partial charge in [0.25, 0.3) is 11.8 Å². The molecule has 5 aromatic rings. The van der Waals surface area contributed by atoms with Crippen LogP contribution >= 0.6 is 27.7 Å². The molecule has 1 saturated heterocycles. The molecule has 11 heteroatoms. The molecule has 1 aliphatic heterocycles. The van der Waals surface area contributed by atoms with Crippen LogP contribution in [0.15, 0.2) is 159 Å². The van der Waals surface area contributed by atoms with E-state index in [-0.39, 0.29) is 23.9 Å². The first-order valence-electron chi connectivity index (χ1n) is 15.2. The van der Waals surface area contributed by atoms with Crippen LogP contribution in [0.1, 0.15) is 22.3 Å². The number of imide groups is 1. The molecule has 1 heterocycles. The number of nitrogens with one attached hydrogen (secondary N) is 2. The van der Waals surface area contributed by atoms with Gasteiger partial charge in [0.2, 0.25) is 11.8 Å². The quantitative estimate of drug-likeness (QED) is 0.0847. The summed E-state index contributed by atoms with van der Waals surface area (Å²) >= 11 is 4.72. The summed E-state index contributed by atoms with van der Waals surface area (Å²) in [5, 5.41) is 13.4. The van der Waals surface area contributed by atoms with Gasteiger partial charge in [-0.05, 0) is 96.6 Å². The maximum Gasteiger partial charge on any atom is 0.272 e. The average molecular weight is 731 g/mol. The maximum atomic E-state index is 13.4. The second kappa shape index (κ2) is 15.5. The molecular weight excluding hydrogens is 702 g/mol. The van der Waals surface area contributed by atoms with Crippen LogP contribution in [-0.2, 0) is 14.4 Å². The standard InChI is InChI=1S/C38H28BrN5O4S/c39-27-11-7-8-25(22-27)23-33(41-36(46)26-9-3-1-4-10-26)37(47)40-28-16-20-32(21-17-28)49-34-24-35(45)44(38(34)48)31-18-14-30(15-19-31)43-42-29-12-5-2-6-13-29/h1-23,34H,24H2,(H,40,47)(H,41,46). The van der Waals surface area contributed by atoms with Crippen molar-refractivity contribution in [2.24, 2.45) is 10.2 Å². The molecule has 6 rings (SSSR count). The smallest absolute Gasteiger partial charge is 0.272 e. The van der Waals surface area contributed by atoms with Crippen molar-refractivity contribution < 1.29 is 19.2 Å². The van der Waals surface area contributed by atoms with E-state index in [9.17, 15) is 19.2 Å². The molecular formula is C38H28BrN5O4S. The average Bonchev–Trinajstić information content (AvgIpc) is 3.40. The van der Waals surface area contributed by atoms with E-state index in [1.165, 1.54) is 16.7 Å². The van der Waals surface area contributed by atoms with Crippen LogP contribution in [0.2, 0.25) is 0 Å². The van der Waals surface area contributed by atoms with Gasteiger partial charge >= 0.3 is 0 Å². The number of hydrogen-bond donors (Lipinski definition) is 2. The van der Waals surface area contributed by atoms with Crippen LogP contribution < -0.4 is 15.5 Å². The van der Waals surface area contributed by atoms with Gasteiger partial charge in [0.1, 0.15) is 5.70 Å². The number of carbonyl (C=O) groups is 4. The zero-order chi connectivity index (χ0) is 34.2. The largest absolute Gasteiger partial charge is 0.321 e. The molecule has 0 aliphatic carbocycles. The molecule has 1 fully saturated rings. The summed E-state index contributed by atoms with van der Waals surface area (Å²) in [6.45, 7) is 0. The molecule has 0 bridgehead atoms. The lowest BCUT2D eigenvalue weighted by Crippen LogP contribution is -2.31. The molecule has 4 amide bonds. The van der Waals surface area contributed by atoms with Gasteiger partial charge in [-0.3, -0.25) is 19.2 Å². The van der Waals surface area contributed by atoms with E-state index >= 15 is 0 Å². The minimum absolute atomic E-state index is 0.0579. The topological polar surface area (TPSA) is 120 Å². The van der Waals surface area contributed by atoms with Gasteiger partial charge in [0, 0.05) is 27.0 Å². The summed E-state index contributed by atoms with van der Waals surface area (Å²) in [6.07, 6.45) is 1.66. The minimum Gasteiger partial charge on any atom is -0.321 e. The number of thioether (sulfide) groups is 1. The first kappa shape index (κ1) is 33.3. The van der Waals surface area contributed by atoms with Crippen molar-refractivity contribution in [3.05, 3.63) is 155 Å². The zero-order valence-corrected chi connectivity index (χ0v) is 28.2. The Bertz CT molecular complexity index is 2050. The van der Waals surface area contributed by atoms with Crippen molar-refractivity contribution in [2.75, 3.05) is 10.2 Å². The van der Waals surface area contributed by atoms with Gasteiger partial charge in [-0.1, -0.05) is 64.5 Å². The number of rotatable bonds is 10. The summed E-state index contributed by atoms with van der Waals surface area (Å²) in [5.41, 5.74) is 3.47. The zero-order valence-electron chi connectivity index (χ0n) is 25.8. The highest BCUT2D eigenvalue weighted by Gasteiger charge is 2.40. The predicted molar refractivity (Wildman–Crippen MR) is 195 cm³/mol. The third-order valence-electron chi connectivity index (χ3n) is 7.33. The molecule has 242 valence electrons. The Balaban J connectivity index is 1.10. The lowest BCUT2D eigenvalue weighted by atomic mass is 10.1. The van der Waals surface area contributed by atoms with Crippen molar-refractivity contribution in [3.63, 3.8) is 0 Å². The number of halogens is 1. The number of amides is 4. The maximum absolute atomic E-state index is 13.4. The van der Waals surface area contributed by atoms with Gasteiger partial charge in [0.15, 0.2) is 0 Å². The number of anilines is 2. The molecule has 5 aromatic carbocycles. The van der Waals surface area contributed by atoms with E-state index < -0.39 is 17.1 Å². The van der Waals surface area contributed by atoms with E-state index in [1.807, 2.05) is 54.6 Å². The molecule has 2 N–H and O–H groups in total. The summed E-state index contributed by atoms with van der Waals surface area (Å²) in [4.78, 5) is 54.5. The van der Waals surface area contributed by atoms with Crippen LogP contribution in [0.5, 0.6) is 0 Å². The fourth-order valence-corrected chi connectivity index (χ4v) is 6.40. The van der Waals surface area contributed by atoms with Gasteiger partial charge in [0.05, 0.1) is 22.3 Å². The molecule has 1 aliphatic rings. The second-order valence-electron chi connectivity index (χ2n) is 10.8. The van der Waals surface area contributed by atoms with Crippen molar-refractivity contribution in [1.29, 1.82) is 0 Å². The Labute approximate surface area is 295 Å². The number of azo groups is 1. The van der Waals surface area contributed by atoms with Gasteiger partial charge < -0.3 is 10.6 Å². The van der Waals surface area contributed by atoms with Crippen LogP contribution in [-0.4, -0.2) is 28.9 Å². The Morgan fingerprint density at radius 3 is 2.10 bits per heavy atom.